The minimum absolute atomic E-state index is 0.0882. The lowest BCUT2D eigenvalue weighted by atomic mass is 10.1. The van der Waals surface area contributed by atoms with E-state index in [1.54, 1.807) is 18.2 Å². The van der Waals surface area contributed by atoms with Crippen LogP contribution in [0.3, 0.4) is 0 Å². The number of benzene rings is 1. The number of carbonyl (C=O) groups excluding carboxylic acids is 1. The minimum atomic E-state index is -1.44. The maximum absolute atomic E-state index is 12.5. The Hall–Kier alpha value is -4.13. The Kier molecular flexibility index (Phi) is 5.83. The smallest absolute Gasteiger partial charge is 0.343 e. The van der Waals surface area contributed by atoms with Crippen molar-refractivity contribution in [2.45, 2.75) is 6.42 Å². The molecular formula is C20H17N3O7. The summed E-state index contributed by atoms with van der Waals surface area (Å²) < 4.78 is 5.32. The number of rotatable bonds is 7. The molecule has 0 radical (unpaired) electrons. The van der Waals surface area contributed by atoms with Crippen LogP contribution >= 0.6 is 0 Å². The molecule has 1 saturated heterocycles. The van der Waals surface area contributed by atoms with Gasteiger partial charge in [-0.25, -0.2) is 4.79 Å². The second-order valence-electron chi connectivity index (χ2n) is 6.67. The molecule has 154 valence electrons. The molecule has 10 heteroatoms. The quantitative estimate of drug-likeness (QED) is 0.384. The number of anilines is 1. The van der Waals surface area contributed by atoms with E-state index in [1.165, 1.54) is 6.07 Å². The SMILES string of the molecule is N#C/C(=C\c1cc2ccc(N3CCC3)cc2oc1=O)C(=O)N(CC(=O)O)CC(=O)O. The van der Waals surface area contributed by atoms with E-state index in [0.29, 0.717) is 15.9 Å². The standard InChI is InChI=1S/C20H17N3O7/c21-9-14(19(28)23(10-17(24)25)11-18(26)27)7-13-6-12-2-3-15(22-4-1-5-22)8-16(12)30-20(13)29/h2-3,6-8H,1,4-5,10-11H2,(H,24,25)(H,26,27)/b14-7+. The third-order valence-electron chi connectivity index (χ3n) is 4.56. The summed E-state index contributed by atoms with van der Waals surface area (Å²) in [5.41, 5.74) is -0.182. The van der Waals surface area contributed by atoms with Crippen LogP contribution in [0, 0.1) is 11.3 Å². The van der Waals surface area contributed by atoms with Gasteiger partial charge in [-0.05, 0) is 30.7 Å². The van der Waals surface area contributed by atoms with Crippen molar-refractivity contribution in [3.63, 3.8) is 0 Å². The number of carboxylic acid groups (broad SMARTS) is 2. The van der Waals surface area contributed by atoms with Crippen LogP contribution in [0.15, 0.2) is 39.1 Å². The van der Waals surface area contributed by atoms with Crippen LogP contribution in [0.1, 0.15) is 12.0 Å². The molecule has 10 nitrogen and oxygen atoms in total. The molecule has 0 unspecified atom stereocenters. The van der Waals surface area contributed by atoms with E-state index in [9.17, 15) is 24.4 Å². The molecule has 1 aromatic carbocycles. The van der Waals surface area contributed by atoms with Crippen molar-refractivity contribution in [1.29, 1.82) is 5.26 Å². The van der Waals surface area contributed by atoms with Crippen LogP contribution in [-0.2, 0) is 14.4 Å². The first-order chi connectivity index (χ1) is 14.3. The summed E-state index contributed by atoms with van der Waals surface area (Å²) in [6.45, 7) is 0.0340. The molecule has 0 spiro atoms. The van der Waals surface area contributed by atoms with Gasteiger partial charge in [-0.2, -0.15) is 5.26 Å². The van der Waals surface area contributed by atoms with Gasteiger partial charge >= 0.3 is 17.6 Å². The van der Waals surface area contributed by atoms with Gasteiger partial charge < -0.3 is 24.4 Å². The second kappa shape index (κ2) is 8.48. The van der Waals surface area contributed by atoms with Gasteiger partial charge in [0.1, 0.15) is 30.3 Å². The number of aliphatic carboxylic acids is 2. The number of hydrogen-bond acceptors (Lipinski definition) is 7. The first-order valence-electron chi connectivity index (χ1n) is 8.96. The van der Waals surface area contributed by atoms with Crippen molar-refractivity contribution in [1.82, 2.24) is 4.90 Å². The molecule has 1 aromatic heterocycles. The number of amides is 1. The van der Waals surface area contributed by atoms with Gasteiger partial charge in [0, 0.05) is 30.2 Å². The normalized spacial score (nSPS) is 13.4. The molecule has 3 rings (SSSR count). The van der Waals surface area contributed by atoms with Gasteiger partial charge in [-0.1, -0.05) is 0 Å². The summed E-state index contributed by atoms with van der Waals surface area (Å²) in [7, 11) is 0. The second-order valence-corrected chi connectivity index (χ2v) is 6.67. The van der Waals surface area contributed by atoms with E-state index in [1.807, 2.05) is 6.07 Å². The van der Waals surface area contributed by atoms with Crippen molar-refractivity contribution in [3.8, 4) is 6.07 Å². The van der Waals surface area contributed by atoms with Gasteiger partial charge in [-0.3, -0.25) is 14.4 Å². The van der Waals surface area contributed by atoms with E-state index in [4.69, 9.17) is 14.6 Å². The summed E-state index contributed by atoms with van der Waals surface area (Å²) in [4.78, 5) is 49.2. The van der Waals surface area contributed by atoms with Crippen LogP contribution in [-0.4, -0.2) is 59.1 Å². The lowest BCUT2D eigenvalue weighted by Gasteiger charge is -2.33. The summed E-state index contributed by atoms with van der Waals surface area (Å²) in [6, 6.07) is 8.39. The van der Waals surface area contributed by atoms with Crippen LogP contribution in [0.25, 0.3) is 17.0 Å². The fraction of sp³-hybridized carbons (Fsp3) is 0.250. The van der Waals surface area contributed by atoms with Crippen molar-refractivity contribution in [2.24, 2.45) is 0 Å². The average molecular weight is 411 g/mol. The highest BCUT2D eigenvalue weighted by molar-refractivity contribution is 6.04. The number of nitrogens with zero attached hydrogens (tertiary/aromatic N) is 3. The highest BCUT2D eigenvalue weighted by Crippen LogP contribution is 2.25. The van der Waals surface area contributed by atoms with Gasteiger partial charge in [0.2, 0.25) is 0 Å². The van der Waals surface area contributed by atoms with E-state index in [-0.39, 0.29) is 5.56 Å². The summed E-state index contributed by atoms with van der Waals surface area (Å²) >= 11 is 0. The molecule has 2 heterocycles. The monoisotopic (exact) mass is 411 g/mol. The first-order valence-corrected chi connectivity index (χ1v) is 8.96. The van der Waals surface area contributed by atoms with Gasteiger partial charge in [0.15, 0.2) is 0 Å². The van der Waals surface area contributed by atoms with Crippen molar-refractivity contribution >= 4 is 40.6 Å². The fourth-order valence-corrected chi connectivity index (χ4v) is 2.98. The lowest BCUT2D eigenvalue weighted by Crippen LogP contribution is -2.40. The highest BCUT2D eigenvalue weighted by Gasteiger charge is 2.23. The van der Waals surface area contributed by atoms with Crippen LogP contribution < -0.4 is 10.5 Å². The predicted octanol–water partition coefficient (Wildman–Crippen LogP) is 0.908. The summed E-state index contributed by atoms with van der Waals surface area (Å²) in [5, 5.41) is 27.6. The maximum Gasteiger partial charge on any atom is 0.343 e. The van der Waals surface area contributed by atoms with Crippen molar-refractivity contribution < 1.29 is 29.0 Å². The fourth-order valence-electron chi connectivity index (χ4n) is 2.98. The van der Waals surface area contributed by atoms with E-state index < -0.39 is 42.1 Å². The van der Waals surface area contributed by atoms with E-state index >= 15 is 0 Å². The van der Waals surface area contributed by atoms with Gasteiger partial charge in [0.25, 0.3) is 5.91 Å². The number of carboxylic acids is 2. The molecule has 2 N–H and O–H groups in total. The third kappa shape index (κ3) is 4.47. The number of carbonyl (C=O) groups is 3. The van der Waals surface area contributed by atoms with Crippen LogP contribution in [0.4, 0.5) is 5.69 Å². The predicted molar refractivity (Wildman–Crippen MR) is 105 cm³/mol. The minimum Gasteiger partial charge on any atom is -0.480 e. The summed E-state index contributed by atoms with van der Waals surface area (Å²) in [6.07, 6.45) is 2.06. The zero-order chi connectivity index (χ0) is 21.8. The first kappa shape index (κ1) is 20.6. The molecule has 0 aliphatic carbocycles. The average Bonchev–Trinajstić information content (AvgIpc) is 2.63. The third-order valence-corrected chi connectivity index (χ3v) is 4.56. The van der Waals surface area contributed by atoms with E-state index in [2.05, 4.69) is 4.90 Å². The Morgan fingerprint density at radius 2 is 1.83 bits per heavy atom. The molecule has 1 aliphatic rings. The summed E-state index contributed by atoms with van der Waals surface area (Å²) in [5.74, 6) is -4.00. The van der Waals surface area contributed by atoms with Crippen LogP contribution in [0.5, 0.6) is 0 Å². The topological polar surface area (TPSA) is 152 Å². The Balaban J connectivity index is 1.95. The molecule has 1 aliphatic heterocycles. The molecule has 1 fully saturated rings. The lowest BCUT2D eigenvalue weighted by molar-refractivity contribution is -0.147. The molecule has 0 atom stereocenters. The maximum atomic E-state index is 12.5. The van der Waals surface area contributed by atoms with Gasteiger partial charge in [-0.15, -0.1) is 0 Å². The van der Waals surface area contributed by atoms with Gasteiger partial charge in [0.05, 0.1) is 5.56 Å². The van der Waals surface area contributed by atoms with Crippen molar-refractivity contribution in [3.05, 3.63) is 45.8 Å². The molecule has 1 amide bonds. The number of fused-ring (bicyclic) bond motifs is 1. The Morgan fingerprint density at radius 1 is 1.17 bits per heavy atom. The van der Waals surface area contributed by atoms with Crippen molar-refractivity contribution in [2.75, 3.05) is 31.1 Å². The molecular weight excluding hydrogens is 394 g/mol. The van der Waals surface area contributed by atoms with E-state index in [0.717, 1.165) is 31.3 Å². The number of hydrogen-bond donors (Lipinski definition) is 2. The molecule has 2 aromatic rings. The zero-order valence-corrected chi connectivity index (χ0v) is 15.7. The Labute approximate surface area is 169 Å². The zero-order valence-electron chi connectivity index (χ0n) is 15.7. The largest absolute Gasteiger partial charge is 0.480 e. The number of nitriles is 1. The van der Waals surface area contributed by atoms with Crippen LogP contribution in [0.2, 0.25) is 0 Å². The molecule has 30 heavy (non-hydrogen) atoms. The highest BCUT2D eigenvalue weighted by atomic mass is 16.4. The Morgan fingerprint density at radius 3 is 2.37 bits per heavy atom. The molecule has 0 saturated carbocycles. The Bertz CT molecular complexity index is 1140. The molecule has 0 bridgehead atoms.